The van der Waals surface area contributed by atoms with Gasteiger partial charge in [-0.15, -0.1) is 0 Å². The zero-order chi connectivity index (χ0) is 16.9. The number of rotatable bonds is 4. The second-order valence-corrected chi connectivity index (χ2v) is 6.02. The molecule has 2 heterocycles. The Morgan fingerprint density at radius 1 is 1.38 bits per heavy atom. The number of hydrogen-bond acceptors (Lipinski definition) is 3. The number of aryl methyl sites for hydroxylation is 1. The van der Waals surface area contributed by atoms with Gasteiger partial charge in [0.2, 0.25) is 0 Å². The number of nitrogens with one attached hydrogen (secondary N) is 1. The molecule has 0 bridgehead atoms. The predicted molar refractivity (Wildman–Crippen MR) is 90.1 cm³/mol. The molecule has 1 aliphatic heterocycles. The minimum absolute atomic E-state index is 0.0210. The summed E-state index contributed by atoms with van der Waals surface area (Å²) in [6.45, 7) is 1.36. The van der Waals surface area contributed by atoms with Gasteiger partial charge in [0.15, 0.2) is 0 Å². The van der Waals surface area contributed by atoms with Crippen molar-refractivity contribution in [1.29, 1.82) is 5.26 Å². The molecule has 1 saturated heterocycles. The number of benzene rings is 1. The van der Waals surface area contributed by atoms with E-state index in [1.807, 2.05) is 34.8 Å². The summed E-state index contributed by atoms with van der Waals surface area (Å²) in [4.78, 5) is 14.4. The van der Waals surface area contributed by atoms with E-state index in [0.717, 1.165) is 37.1 Å². The Hall–Kier alpha value is -2.81. The molecule has 1 N–H and O–H groups in total. The van der Waals surface area contributed by atoms with Crippen molar-refractivity contribution in [2.24, 2.45) is 7.05 Å². The van der Waals surface area contributed by atoms with Crippen molar-refractivity contribution < 1.29 is 4.79 Å². The molecule has 24 heavy (non-hydrogen) atoms. The van der Waals surface area contributed by atoms with Crippen molar-refractivity contribution in [3.8, 4) is 6.07 Å². The fourth-order valence-electron chi connectivity index (χ4n) is 3.19. The van der Waals surface area contributed by atoms with E-state index in [-0.39, 0.29) is 12.1 Å². The molecule has 0 spiro atoms. The van der Waals surface area contributed by atoms with E-state index in [1.54, 1.807) is 18.3 Å². The highest BCUT2D eigenvalue weighted by atomic mass is 16.2. The van der Waals surface area contributed by atoms with Crippen LogP contribution in [0.2, 0.25) is 0 Å². The first-order valence-electron chi connectivity index (χ1n) is 8.20. The summed E-state index contributed by atoms with van der Waals surface area (Å²) in [7, 11) is 1.91. The molecule has 1 unspecified atom stereocenters. The van der Waals surface area contributed by atoms with Crippen molar-refractivity contribution in [2.45, 2.75) is 25.3 Å². The minimum Gasteiger partial charge on any atom is -0.338 e. The fourth-order valence-corrected chi connectivity index (χ4v) is 3.19. The SMILES string of the molecule is Cn1nccc1C1CCCN1C(=O)NCCc1ccc(C#N)cc1. The minimum atomic E-state index is -0.0210. The van der Waals surface area contributed by atoms with Crippen LogP contribution in [-0.2, 0) is 13.5 Å². The summed E-state index contributed by atoms with van der Waals surface area (Å²) in [6.07, 6.45) is 4.51. The molecular formula is C18H21N5O. The number of aromatic nitrogens is 2. The predicted octanol–water partition coefficient (Wildman–Crippen LogP) is 2.38. The molecule has 0 aliphatic carbocycles. The monoisotopic (exact) mass is 323 g/mol. The lowest BCUT2D eigenvalue weighted by atomic mass is 10.1. The van der Waals surface area contributed by atoms with Crippen LogP contribution in [0.15, 0.2) is 36.5 Å². The van der Waals surface area contributed by atoms with Crippen LogP contribution in [0.4, 0.5) is 4.79 Å². The highest BCUT2D eigenvalue weighted by molar-refractivity contribution is 5.75. The Morgan fingerprint density at radius 3 is 2.83 bits per heavy atom. The molecule has 1 aliphatic rings. The molecule has 1 aromatic heterocycles. The van der Waals surface area contributed by atoms with Crippen LogP contribution in [0.25, 0.3) is 0 Å². The summed E-state index contributed by atoms with van der Waals surface area (Å²) >= 11 is 0. The van der Waals surface area contributed by atoms with E-state index >= 15 is 0 Å². The highest BCUT2D eigenvalue weighted by Gasteiger charge is 2.31. The second kappa shape index (κ2) is 7.18. The number of carbonyl (C=O) groups excluding carboxylic acids is 1. The van der Waals surface area contributed by atoms with Crippen molar-refractivity contribution in [1.82, 2.24) is 20.0 Å². The van der Waals surface area contributed by atoms with E-state index in [0.29, 0.717) is 12.1 Å². The molecule has 1 aromatic carbocycles. The maximum absolute atomic E-state index is 12.5. The molecule has 1 atom stereocenters. The number of hydrogen-bond donors (Lipinski definition) is 1. The third-order valence-electron chi connectivity index (χ3n) is 4.49. The van der Waals surface area contributed by atoms with Gasteiger partial charge >= 0.3 is 6.03 Å². The Bertz CT molecular complexity index is 744. The Balaban J connectivity index is 1.54. The van der Waals surface area contributed by atoms with Crippen molar-refractivity contribution >= 4 is 6.03 Å². The van der Waals surface area contributed by atoms with Crippen LogP contribution < -0.4 is 5.32 Å². The number of nitrogens with zero attached hydrogens (tertiary/aromatic N) is 4. The number of carbonyl (C=O) groups is 1. The molecular weight excluding hydrogens is 302 g/mol. The first-order chi connectivity index (χ1) is 11.7. The number of amides is 2. The quantitative estimate of drug-likeness (QED) is 0.939. The van der Waals surface area contributed by atoms with Crippen LogP contribution in [0.5, 0.6) is 0 Å². The Labute approximate surface area is 141 Å². The zero-order valence-electron chi connectivity index (χ0n) is 13.8. The third kappa shape index (κ3) is 3.40. The topological polar surface area (TPSA) is 74.0 Å². The number of nitriles is 1. The van der Waals surface area contributed by atoms with E-state index < -0.39 is 0 Å². The van der Waals surface area contributed by atoms with Crippen molar-refractivity contribution in [3.63, 3.8) is 0 Å². The molecule has 2 aromatic rings. The van der Waals surface area contributed by atoms with Crippen LogP contribution in [-0.4, -0.2) is 33.8 Å². The molecule has 6 heteroatoms. The standard InChI is InChI=1S/C18H21N5O/c1-22-16(9-11-21-22)17-3-2-12-23(17)18(24)20-10-8-14-4-6-15(13-19)7-5-14/h4-7,9,11,17H,2-3,8,10,12H2,1H3,(H,20,24). The highest BCUT2D eigenvalue weighted by Crippen LogP contribution is 2.31. The van der Waals surface area contributed by atoms with E-state index in [4.69, 9.17) is 5.26 Å². The van der Waals surface area contributed by atoms with Crippen molar-refractivity contribution in [2.75, 3.05) is 13.1 Å². The maximum atomic E-state index is 12.5. The molecule has 0 saturated carbocycles. The van der Waals surface area contributed by atoms with Gasteiger partial charge in [-0.1, -0.05) is 12.1 Å². The smallest absolute Gasteiger partial charge is 0.317 e. The summed E-state index contributed by atoms with van der Waals surface area (Å²) in [5, 5.41) is 16.0. The molecule has 3 rings (SSSR count). The van der Waals surface area contributed by atoms with Crippen molar-refractivity contribution in [3.05, 3.63) is 53.3 Å². The lowest BCUT2D eigenvalue weighted by Gasteiger charge is -2.25. The molecule has 6 nitrogen and oxygen atoms in total. The summed E-state index contributed by atoms with van der Waals surface area (Å²) in [5.41, 5.74) is 2.84. The van der Waals surface area contributed by atoms with Crippen LogP contribution in [0.3, 0.4) is 0 Å². The van der Waals surface area contributed by atoms with E-state index in [9.17, 15) is 4.79 Å². The van der Waals surface area contributed by atoms with Gasteiger partial charge in [-0.3, -0.25) is 4.68 Å². The summed E-state index contributed by atoms with van der Waals surface area (Å²) < 4.78 is 1.84. The molecule has 1 fully saturated rings. The van der Waals surface area contributed by atoms with Crippen LogP contribution in [0.1, 0.15) is 35.7 Å². The maximum Gasteiger partial charge on any atom is 0.317 e. The van der Waals surface area contributed by atoms with Gasteiger partial charge in [0.1, 0.15) is 0 Å². The number of urea groups is 1. The van der Waals surface area contributed by atoms with Gasteiger partial charge in [-0.05, 0) is 43.0 Å². The second-order valence-electron chi connectivity index (χ2n) is 6.02. The molecule has 2 amide bonds. The Kier molecular flexibility index (Phi) is 4.80. The average molecular weight is 323 g/mol. The lowest BCUT2D eigenvalue weighted by Crippen LogP contribution is -2.40. The van der Waals surface area contributed by atoms with Crippen LogP contribution >= 0.6 is 0 Å². The van der Waals surface area contributed by atoms with Crippen LogP contribution in [0, 0.1) is 11.3 Å². The normalized spacial score (nSPS) is 16.8. The van der Waals surface area contributed by atoms with E-state index in [2.05, 4.69) is 16.5 Å². The van der Waals surface area contributed by atoms with Gasteiger partial charge in [0, 0.05) is 26.3 Å². The number of likely N-dealkylation sites (tertiary alicyclic amines) is 1. The third-order valence-corrected chi connectivity index (χ3v) is 4.49. The van der Waals surface area contributed by atoms with Gasteiger partial charge < -0.3 is 10.2 Å². The molecule has 0 radical (unpaired) electrons. The van der Waals surface area contributed by atoms with Gasteiger partial charge in [-0.25, -0.2) is 4.79 Å². The van der Waals surface area contributed by atoms with Gasteiger partial charge in [-0.2, -0.15) is 10.4 Å². The summed E-state index contributed by atoms with van der Waals surface area (Å²) in [5.74, 6) is 0. The Morgan fingerprint density at radius 2 is 2.17 bits per heavy atom. The van der Waals surface area contributed by atoms with Gasteiger partial charge in [0.05, 0.1) is 23.4 Å². The van der Waals surface area contributed by atoms with E-state index in [1.165, 1.54) is 0 Å². The average Bonchev–Trinajstić information content (AvgIpc) is 3.23. The summed E-state index contributed by atoms with van der Waals surface area (Å²) in [6, 6.07) is 11.6. The fraction of sp³-hybridized carbons (Fsp3) is 0.389. The first-order valence-corrected chi connectivity index (χ1v) is 8.20. The van der Waals surface area contributed by atoms with Gasteiger partial charge in [0.25, 0.3) is 0 Å². The molecule has 124 valence electrons. The zero-order valence-corrected chi connectivity index (χ0v) is 13.8. The lowest BCUT2D eigenvalue weighted by molar-refractivity contribution is 0.191. The first kappa shape index (κ1) is 16.1. The largest absolute Gasteiger partial charge is 0.338 e.